The van der Waals surface area contributed by atoms with Crippen LogP contribution in [-0.2, 0) is 6.18 Å². The lowest BCUT2D eigenvalue weighted by molar-refractivity contribution is -0.137. The number of hydrogen-bond donors (Lipinski definition) is 0. The molecule has 0 saturated heterocycles. The molecule has 1 aliphatic carbocycles. The van der Waals surface area contributed by atoms with Crippen LogP contribution in [0.3, 0.4) is 0 Å². The molecule has 7 heteroatoms. The number of carbonyl (C=O) groups is 1. The van der Waals surface area contributed by atoms with E-state index in [0.29, 0.717) is 5.92 Å². The van der Waals surface area contributed by atoms with E-state index in [9.17, 15) is 18.0 Å². The van der Waals surface area contributed by atoms with Crippen LogP contribution in [-0.4, -0.2) is 49.6 Å². The van der Waals surface area contributed by atoms with E-state index in [1.54, 1.807) is 7.05 Å². The lowest BCUT2D eigenvalue weighted by Crippen LogP contribution is -2.40. The number of alkyl halides is 3. The van der Waals surface area contributed by atoms with Gasteiger partial charge >= 0.3 is 12.3 Å². The maximum atomic E-state index is 12.6. The van der Waals surface area contributed by atoms with Crippen LogP contribution in [0.25, 0.3) is 0 Å². The summed E-state index contributed by atoms with van der Waals surface area (Å²) in [4.78, 5) is 15.9. The average molecular weight is 396 g/mol. The number of amides is 1. The van der Waals surface area contributed by atoms with E-state index in [-0.39, 0.29) is 11.8 Å². The van der Waals surface area contributed by atoms with Gasteiger partial charge in [0.25, 0.3) is 0 Å². The first-order valence-corrected chi connectivity index (χ1v) is 9.42. The van der Waals surface area contributed by atoms with E-state index in [1.165, 1.54) is 4.90 Å². The molecule has 0 unspecified atom stereocenters. The minimum absolute atomic E-state index is 0.0572. The molecule has 0 aromatic heterocycles. The Morgan fingerprint density at radius 1 is 1.11 bits per heavy atom. The third kappa shape index (κ3) is 6.75. The summed E-state index contributed by atoms with van der Waals surface area (Å²) in [5, 5.41) is 0. The van der Waals surface area contributed by atoms with E-state index >= 15 is 0 Å². The number of hydrogen-bond acceptors (Lipinski definition) is 3. The van der Waals surface area contributed by atoms with Crippen molar-refractivity contribution in [3.8, 4) is 17.6 Å². The van der Waals surface area contributed by atoms with Crippen molar-refractivity contribution in [2.45, 2.75) is 44.3 Å². The van der Waals surface area contributed by atoms with Crippen LogP contribution in [0.1, 0.15) is 37.7 Å². The summed E-state index contributed by atoms with van der Waals surface area (Å²) < 4.78 is 43.0. The minimum Gasteiger partial charge on any atom is -0.410 e. The predicted molar refractivity (Wildman–Crippen MR) is 102 cm³/mol. The quantitative estimate of drug-likeness (QED) is 0.695. The van der Waals surface area contributed by atoms with Gasteiger partial charge in [-0.3, -0.25) is 0 Å². The number of ether oxygens (including phenoxy) is 1. The molecule has 28 heavy (non-hydrogen) atoms. The zero-order valence-corrected chi connectivity index (χ0v) is 16.6. The van der Waals surface area contributed by atoms with Gasteiger partial charge < -0.3 is 14.5 Å². The second-order valence-corrected chi connectivity index (χ2v) is 7.38. The zero-order valence-electron chi connectivity index (χ0n) is 16.6. The Kier molecular flexibility index (Phi) is 7.76. The summed E-state index contributed by atoms with van der Waals surface area (Å²) >= 11 is 0. The standard InChI is InChI=1S/C21H27F3N2O2/c1-25(2)15-5-4-6-16-7-11-18(12-8-16)26(3)20(27)28-19-13-9-17(10-14-19)21(22,23)24/h9-10,13-14,16,18H,5,7-8,11-12,15H2,1-3H3/t16-,18-. The summed E-state index contributed by atoms with van der Waals surface area (Å²) in [5.41, 5.74) is -0.773. The third-order valence-corrected chi connectivity index (χ3v) is 4.91. The average Bonchev–Trinajstić information content (AvgIpc) is 2.64. The van der Waals surface area contributed by atoms with E-state index in [1.807, 2.05) is 14.1 Å². The summed E-state index contributed by atoms with van der Waals surface area (Å²) in [6, 6.07) is 4.19. The molecule has 1 amide bonds. The van der Waals surface area contributed by atoms with Crippen LogP contribution in [0.5, 0.6) is 5.75 Å². The van der Waals surface area contributed by atoms with Gasteiger partial charge in [-0.25, -0.2) is 4.79 Å². The third-order valence-electron chi connectivity index (χ3n) is 4.91. The van der Waals surface area contributed by atoms with Crippen LogP contribution in [0.2, 0.25) is 0 Å². The molecule has 0 aliphatic heterocycles. The Bertz CT molecular complexity index is 697. The minimum atomic E-state index is -4.41. The van der Waals surface area contributed by atoms with Crippen LogP contribution >= 0.6 is 0 Å². The molecule has 0 atom stereocenters. The number of carbonyl (C=O) groups excluding carboxylic acids is 1. The number of rotatable bonds is 4. The summed E-state index contributed by atoms with van der Waals surface area (Å²) in [6.07, 6.45) is -0.577. The van der Waals surface area contributed by atoms with Crippen molar-refractivity contribution in [2.75, 3.05) is 27.7 Å². The van der Waals surface area contributed by atoms with Gasteiger partial charge in [-0.15, -0.1) is 5.92 Å². The van der Waals surface area contributed by atoms with Crippen molar-refractivity contribution in [2.24, 2.45) is 5.92 Å². The van der Waals surface area contributed by atoms with E-state index in [2.05, 4.69) is 16.7 Å². The van der Waals surface area contributed by atoms with Gasteiger partial charge in [0.05, 0.1) is 5.56 Å². The zero-order chi connectivity index (χ0) is 20.7. The fourth-order valence-electron chi connectivity index (χ4n) is 3.14. The number of halogens is 3. The molecule has 4 nitrogen and oxygen atoms in total. The van der Waals surface area contributed by atoms with Crippen molar-refractivity contribution in [3.63, 3.8) is 0 Å². The van der Waals surface area contributed by atoms with Gasteiger partial charge in [0.15, 0.2) is 0 Å². The fourth-order valence-corrected chi connectivity index (χ4v) is 3.14. The van der Waals surface area contributed by atoms with Gasteiger partial charge in [0.2, 0.25) is 0 Å². The van der Waals surface area contributed by atoms with Gasteiger partial charge in [-0.2, -0.15) is 13.2 Å². The second kappa shape index (κ2) is 9.83. The highest BCUT2D eigenvalue weighted by Crippen LogP contribution is 2.31. The Morgan fingerprint density at radius 3 is 2.25 bits per heavy atom. The molecule has 0 spiro atoms. The second-order valence-electron chi connectivity index (χ2n) is 7.38. The van der Waals surface area contributed by atoms with Crippen molar-refractivity contribution in [1.82, 2.24) is 9.80 Å². The fraction of sp³-hybridized carbons (Fsp3) is 0.571. The molecular formula is C21H27F3N2O2. The molecule has 2 rings (SSSR count). The smallest absolute Gasteiger partial charge is 0.410 e. The maximum Gasteiger partial charge on any atom is 0.416 e. The van der Waals surface area contributed by atoms with Crippen molar-refractivity contribution >= 4 is 6.09 Å². The normalized spacial score (nSPS) is 19.7. The van der Waals surface area contributed by atoms with E-state index in [4.69, 9.17) is 4.74 Å². The lowest BCUT2D eigenvalue weighted by Gasteiger charge is -2.32. The number of nitrogens with zero attached hydrogens (tertiary/aromatic N) is 2. The highest BCUT2D eigenvalue weighted by molar-refractivity contribution is 5.70. The van der Waals surface area contributed by atoms with Crippen LogP contribution in [0.15, 0.2) is 24.3 Å². The first-order valence-electron chi connectivity index (χ1n) is 9.42. The highest BCUT2D eigenvalue weighted by atomic mass is 19.4. The van der Waals surface area contributed by atoms with Crippen LogP contribution in [0.4, 0.5) is 18.0 Å². The summed E-state index contributed by atoms with van der Waals surface area (Å²) in [5.74, 6) is 7.00. The van der Waals surface area contributed by atoms with Crippen molar-refractivity contribution < 1.29 is 22.7 Å². The Morgan fingerprint density at radius 2 is 1.71 bits per heavy atom. The Balaban J connectivity index is 1.81. The van der Waals surface area contributed by atoms with E-state index < -0.39 is 17.8 Å². The van der Waals surface area contributed by atoms with E-state index in [0.717, 1.165) is 62.9 Å². The lowest BCUT2D eigenvalue weighted by atomic mass is 9.86. The van der Waals surface area contributed by atoms with Gasteiger partial charge in [-0.05, 0) is 64.0 Å². The molecule has 1 saturated carbocycles. The van der Waals surface area contributed by atoms with Crippen LogP contribution < -0.4 is 4.74 Å². The van der Waals surface area contributed by atoms with Crippen molar-refractivity contribution in [3.05, 3.63) is 29.8 Å². The molecular weight excluding hydrogens is 369 g/mol. The van der Waals surface area contributed by atoms with Crippen LogP contribution in [0, 0.1) is 17.8 Å². The van der Waals surface area contributed by atoms with Gasteiger partial charge in [-0.1, -0.05) is 5.92 Å². The summed E-state index contributed by atoms with van der Waals surface area (Å²) in [6.45, 7) is 0.945. The molecule has 154 valence electrons. The molecule has 0 bridgehead atoms. The molecule has 1 fully saturated rings. The molecule has 0 heterocycles. The first kappa shape index (κ1) is 22.1. The molecule has 1 aromatic carbocycles. The molecule has 1 aliphatic rings. The van der Waals surface area contributed by atoms with Crippen molar-refractivity contribution in [1.29, 1.82) is 0 Å². The molecule has 1 aromatic rings. The first-order chi connectivity index (χ1) is 13.2. The largest absolute Gasteiger partial charge is 0.416 e. The molecule has 0 N–H and O–H groups in total. The Labute approximate surface area is 164 Å². The topological polar surface area (TPSA) is 32.8 Å². The monoisotopic (exact) mass is 396 g/mol. The number of benzene rings is 1. The molecule has 0 radical (unpaired) electrons. The highest BCUT2D eigenvalue weighted by Gasteiger charge is 2.30. The summed E-state index contributed by atoms with van der Waals surface area (Å²) in [7, 11) is 5.71. The Hall–Kier alpha value is -2.20. The maximum absolute atomic E-state index is 12.6. The SMILES string of the molecule is CN(C)CCC#C[C@H]1CC[C@H](N(C)C(=O)Oc2ccc(C(F)(F)F)cc2)CC1. The van der Waals surface area contributed by atoms with Gasteiger partial charge in [0, 0.05) is 32.0 Å². The predicted octanol–water partition coefficient (Wildman–Crippen LogP) is 4.65. The van der Waals surface area contributed by atoms with Gasteiger partial charge in [0.1, 0.15) is 5.75 Å².